The third-order valence-corrected chi connectivity index (χ3v) is 5.42. The number of nitrogens with zero attached hydrogens (tertiary/aromatic N) is 3. The van der Waals surface area contributed by atoms with Crippen molar-refractivity contribution < 1.29 is 26.4 Å². The molecule has 0 radical (unpaired) electrons. The third-order valence-electron chi connectivity index (χ3n) is 4.57. The average molecular weight is 431 g/mol. The lowest BCUT2D eigenvalue weighted by Crippen LogP contribution is -2.17. The number of sulfone groups is 1. The highest BCUT2D eigenvalue weighted by atomic mass is 32.2. The Bertz CT molecular complexity index is 1350. The fourth-order valence-corrected chi connectivity index (χ4v) is 3.62. The molecule has 7 nitrogen and oxygen atoms in total. The van der Waals surface area contributed by atoms with Crippen LogP contribution in [0.2, 0.25) is 0 Å². The van der Waals surface area contributed by atoms with E-state index in [9.17, 15) is 22.0 Å². The molecule has 1 amide bonds. The van der Waals surface area contributed by atoms with E-state index in [1.165, 1.54) is 24.1 Å². The first-order chi connectivity index (χ1) is 14.1. The maximum Gasteiger partial charge on any atom is 0.262 e. The van der Waals surface area contributed by atoms with E-state index in [1.54, 1.807) is 19.1 Å². The van der Waals surface area contributed by atoms with Gasteiger partial charge in [0.25, 0.3) is 5.91 Å². The van der Waals surface area contributed by atoms with Gasteiger partial charge in [-0.1, -0.05) is 0 Å². The number of carbonyl (C=O) groups excluding carboxylic acids is 1. The number of benzene rings is 1. The van der Waals surface area contributed by atoms with Crippen molar-refractivity contribution in [3.63, 3.8) is 0 Å². The van der Waals surface area contributed by atoms with Crippen LogP contribution >= 0.6 is 0 Å². The summed E-state index contributed by atoms with van der Waals surface area (Å²) in [5.41, 5.74) is 0.234. The molecule has 154 valence electrons. The zero-order valence-electron chi connectivity index (χ0n) is 16.1. The molecule has 3 heterocycles. The van der Waals surface area contributed by atoms with E-state index in [2.05, 4.69) is 9.97 Å². The summed E-state index contributed by atoms with van der Waals surface area (Å²) < 4.78 is 57.3. The fraction of sp³-hybridized carbons (Fsp3) is 0.150. The molecule has 1 aliphatic heterocycles. The summed E-state index contributed by atoms with van der Waals surface area (Å²) in [7, 11) is -2.40. The van der Waals surface area contributed by atoms with Crippen molar-refractivity contribution in [2.75, 3.05) is 13.3 Å². The Morgan fingerprint density at radius 3 is 2.40 bits per heavy atom. The largest absolute Gasteiger partial charge is 0.460 e. The standard InChI is InChI=1S/C20H15F2N3O4S/c1-10-4-7-15(29-10)18-16-17(23-20(24-18)30(3,27)28)14(25(2)19(16)26)8-11-5-6-12(21)9-13(11)22/h4-9H,1-3H3/b14-8-. The average Bonchev–Trinajstić information content (AvgIpc) is 3.19. The molecule has 10 heteroatoms. The van der Waals surface area contributed by atoms with Gasteiger partial charge >= 0.3 is 0 Å². The van der Waals surface area contributed by atoms with Crippen molar-refractivity contribution >= 4 is 27.5 Å². The van der Waals surface area contributed by atoms with E-state index < -0.39 is 32.5 Å². The first kappa shape index (κ1) is 19.9. The molecular weight excluding hydrogens is 416 g/mol. The molecule has 1 aliphatic rings. The van der Waals surface area contributed by atoms with Crippen LogP contribution in [0.15, 0.2) is 39.9 Å². The van der Waals surface area contributed by atoms with Crippen LogP contribution < -0.4 is 0 Å². The predicted octanol–water partition coefficient (Wildman–Crippen LogP) is 3.31. The minimum Gasteiger partial charge on any atom is -0.460 e. The molecule has 1 aromatic carbocycles. The summed E-state index contributed by atoms with van der Waals surface area (Å²) in [6.45, 7) is 1.69. The summed E-state index contributed by atoms with van der Waals surface area (Å²) in [6.07, 6.45) is 2.24. The van der Waals surface area contributed by atoms with Crippen LogP contribution in [-0.2, 0) is 9.84 Å². The number of fused-ring (bicyclic) bond motifs is 1. The predicted molar refractivity (Wildman–Crippen MR) is 104 cm³/mol. The number of amides is 1. The summed E-state index contributed by atoms with van der Waals surface area (Å²) in [5.74, 6) is -1.35. The first-order valence-electron chi connectivity index (χ1n) is 8.70. The topological polar surface area (TPSA) is 93.4 Å². The number of hydrogen-bond acceptors (Lipinski definition) is 6. The number of furan rings is 1. The number of carbonyl (C=O) groups is 1. The maximum atomic E-state index is 14.2. The summed E-state index contributed by atoms with van der Waals surface area (Å²) in [5, 5.41) is -0.501. The highest BCUT2D eigenvalue weighted by molar-refractivity contribution is 7.90. The Kier molecular flexibility index (Phi) is 4.53. The maximum absolute atomic E-state index is 14.2. The van der Waals surface area contributed by atoms with Gasteiger partial charge in [-0.15, -0.1) is 0 Å². The van der Waals surface area contributed by atoms with Crippen molar-refractivity contribution in [1.29, 1.82) is 0 Å². The molecule has 30 heavy (non-hydrogen) atoms. The van der Waals surface area contributed by atoms with Gasteiger partial charge in [0.2, 0.25) is 15.0 Å². The number of hydrogen-bond donors (Lipinski definition) is 0. The van der Waals surface area contributed by atoms with Crippen molar-refractivity contribution in [3.05, 3.63) is 64.5 Å². The van der Waals surface area contributed by atoms with E-state index >= 15 is 0 Å². The Morgan fingerprint density at radius 2 is 1.80 bits per heavy atom. The van der Waals surface area contributed by atoms with Crippen molar-refractivity contribution in [2.45, 2.75) is 12.1 Å². The third kappa shape index (κ3) is 3.28. The molecule has 3 aromatic rings. The Balaban J connectivity index is 2.02. The minimum atomic E-state index is -3.84. The van der Waals surface area contributed by atoms with E-state index in [0.29, 0.717) is 11.8 Å². The Hall–Kier alpha value is -3.40. The number of aryl methyl sites for hydroxylation is 1. The molecule has 0 saturated carbocycles. The van der Waals surface area contributed by atoms with Gasteiger partial charge in [0.1, 0.15) is 28.8 Å². The summed E-state index contributed by atoms with van der Waals surface area (Å²) >= 11 is 0. The lowest BCUT2D eigenvalue weighted by molar-refractivity contribution is 0.0875. The van der Waals surface area contributed by atoms with Gasteiger partial charge in [-0.25, -0.2) is 27.2 Å². The molecule has 0 bridgehead atoms. The molecule has 2 aromatic heterocycles. The van der Waals surface area contributed by atoms with Gasteiger partial charge in [0, 0.05) is 24.9 Å². The number of rotatable bonds is 3. The quantitative estimate of drug-likeness (QED) is 0.591. The van der Waals surface area contributed by atoms with Gasteiger partial charge in [-0.2, -0.15) is 0 Å². The van der Waals surface area contributed by atoms with Gasteiger partial charge < -0.3 is 9.32 Å². The molecule has 0 fully saturated rings. The molecular formula is C20H15F2N3O4S. The summed E-state index contributed by atoms with van der Waals surface area (Å²) in [4.78, 5) is 22.3. The van der Waals surface area contributed by atoms with E-state index in [-0.39, 0.29) is 34.0 Å². The van der Waals surface area contributed by atoms with Crippen LogP contribution in [0.5, 0.6) is 0 Å². The molecule has 4 rings (SSSR count). The first-order valence-corrected chi connectivity index (χ1v) is 10.6. The van der Waals surface area contributed by atoms with E-state index in [1.807, 2.05) is 0 Å². The second-order valence-electron chi connectivity index (χ2n) is 6.82. The number of halogens is 2. The fourth-order valence-electron chi connectivity index (χ4n) is 3.10. The minimum absolute atomic E-state index is 0.00816. The second-order valence-corrected chi connectivity index (χ2v) is 8.73. The smallest absolute Gasteiger partial charge is 0.262 e. The van der Waals surface area contributed by atoms with Crippen LogP contribution in [0.25, 0.3) is 23.2 Å². The van der Waals surface area contributed by atoms with Crippen LogP contribution in [0.4, 0.5) is 8.78 Å². The van der Waals surface area contributed by atoms with E-state index in [0.717, 1.165) is 12.3 Å². The highest BCUT2D eigenvalue weighted by Crippen LogP contribution is 2.38. The van der Waals surface area contributed by atoms with Crippen LogP contribution in [0, 0.1) is 18.6 Å². The van der Waals surface area contributed by atoms with Crippen molar-refractivity contribution in [1.82, 2.24) is 14.9 Å². The summed E-state index contributed by atoms with van der Waals surface area (Å²) in [6, 6.07) is 6.22. The van der Waals surface area contributed by atoms with Crippen molar-refractivity contribution in [3.8, 4) is 11.5 Å². The monoisotopic (exact) mass is 431 g/mol. The second kappa shape index (κ2) is 6.84. The van der Waals surface area contributed by atoms with Gasteiger partial charge in [-0.05, 0) is 37.3 Å². The molecule has 0 N–H and O–H groups in total. The Morgan fingerprint density at radius 1 is 1.10 bits per heavy atom. The Labute approximate surface area is 170 Å². The lowest BCUT2D eigenvalue weighted by Gasteiger charge is -2.11. The molecule has 0 unspecified atom stereocenters. The van der Waals surface area contributed by atoms with Gasteiger partial charge in [-0.3, -0.25) is 4.79 Å². The van der Waals surface area contributed by atoms with Crippen LogP contribution in [0.3, 0.4) is 0 Å². The zero-order chi connectivity index (χ0) is 21.8. The number of aromatic nitrogens is 2. The van der Waals surface area contributed by atoms with Gasteiger partial charge in [0.05, 0.1) is 11.3 Å². The molecule has 0 saturated heterocycles. The van der Waals surface area contributed by atoms with Gasteiger partial charge in [0.15, 0.2) is 5.76 Å². The highest BCUT2D eigenvalue weighted by Gasteiger charge is 2.37. The lowest BCUT2D eigenvalue weighted by atomic mass is 10.1. The normalized spacial score (nSPS) is 15.2. The molecule has 0 spiro atoms. The van der Waals surface area contributed by atoms with Crippen LogP contribution in [-0.4, -0.2) is 42.5 Å². The SMILES string of the molecule is Cc1ccc(-c2nc(S(C)(=O)=O)nc3c2C(=O)N(C)/C3=C\c2ccc(F)cc2F)o1. The molecule has 0 atom stereocenters. The zero-order valence-corrected chi connectivity index (χ0v) is 16.9. The molecule has 0 aliphatic carbocycles. The van der Waals surface area contributed by atoms with E-state index in [4.69, 9.17) is 4.42 Å². The van der Waals surface area contributed by atoms with Crippen molar-refractivity contribution in [2.24, 2.45) is 0 Å². The van der Waals surface area contributed by atoms with Crippen LogP contribution in [0.1, 0.15) is 27.4 Å².